The number of hydrogen-bond acceptors (Lipinski definition) is 3. The largest absolute Gasteiger partial charge is 0.245 e. The highest BCUT2D eigenvalue weighted by atomic mass is 32.2. The Morgan fingerprint density at radius 1 is 1.64 bits per heavy atom. The van der Waals surface area contributed by atoms with Gasteiger partial charge in [0.25, 0.3) is 0 Å². The third-order valence-electron chi connectivity index (χ3n) is 1.15. The second-order valence-electron chi connectivity index (χ2n) is 1.94. The van der Waals surface area contributed by atoms with Crippen molar-refractivity contribution in [2.24, 2.45) is 0 Å². The molecule has 0 unspecified atom stereocenters. The van der Waals surface area contributed by atoms with Crippen LogP contribution in [0.5, 0.6) is 0 Å². The van der Waals surface area contributed by atoms with Crippen molar-refractivity contribution < 1.29 is 0 Å². The molecule has 1 rings (SSSR count). The second kappa shape index (κ2) is 3.99. The van der Waals surface area contributed by atoms with Crippen molar-refractivity contribution in [2.45, 2.75) is 0 Å². The predicted molar refractivity (Wildman–Crippen MR) is 45.9 cm³/mol. The number of aromatic nitrogens is 1. The average molecular weight is 163 g/mol. The average Bonchev–Trinajstić information content (AvgIpc) is 2.07. The van der Waals surface area contributed by atoms with Gasteiger partial charge in [0.05, 0.1) is 0 Å². The summed E-state index contributed by atoms with van der Waals surface area (Å²) in [6.07, 6.45) is 3.67. The molecule has 0 aliphatic rings. The summed E-state index contributed by atoms with van der Waals surface area (Å²) in [7, 11) is 0. The third kappa shape index (κ3) is 2.24. The molecular weight excluding hydrogens is 156 g/mol. The van der Waals surface area contributed by atoms with E-state index in [4.69, 9.17) is 5.26 Å². The minimum atomic E-state index is 0.461. The lowest BCUT2D eigenvalue weighted by molar-refractivity contribution is 1.24. The minimum absolute atomic E-state index is 0.461. The SMILES string of the molecule is CS[CH]c1ccc(C#N)nc1. The zero-order valence-electron chi connectivity index (χ0n) is 6.11. The topological polar surface area (TPSA) is 36.7 Å². The van der Waals surface area contributed by atoms with Gasteiger partial charge in [-0.25, -0.2) is 4.98 Å². The summed E-state index contributed by atoms with van der Waals surface area (Å²) in [5.41, 5.74) is 1.50. The van der Waals surface area contributed by atoms with Crippen LogP contribution in [0.2, 0.25) is 0 Å². The van der Waals surface area contributed by atoms with Crippen molar-refractivity contribution in [3.63, 3.8) is 0 Å². The molecule has 0 fully saturated rings. The van der Waals surface area contributed by atoms with E-state index in [9.17, 15) is 0 Å². The summed E-state index contributed by atoms with van der Waals surface area (Å²) in [4.78, 5) is 3.91. The van der Waals surface area contributed by atoms with Gasteiger partial charge in [0.15, 0.2) is 0 Å². The zero-order chi connectivity index (χ0) is 8.10. The van der Waals surface area contributed by atoms with Gasteiger partial charge in [0.2, 0.25) is 0 Å². The van der Waals surface area contributed by atoms with Crippen LogP contribution >= 0.6 is 11.8 Å². The molecule has 1 radical (unpaired) electrons. The minimum Gasteiger partial charge on any atom is -0.245 e. The Bertz CT molecular complexity index is 260. The Hall–Kier alpha value is -1.01. The molecule has 11 heavy (non-hydrogen) atoms. The van der Waals surface area contributed by atoms with Crippen LogP contribution in [0.25, 0.3) is 0 Å². The molecule has 2 nitrogen and oxygen atoms in total. The molecule has 55 valence electrons. The van der Waals surface area contributed by atoms with Crippen LogP contribution in [0.15, 0.2) is 18.3 Å². The van der Waals surface area contributed by atoms with E-state index in [1.54, 1.807) is 24.0 Å². The number of nitriles is 1. The van der Waals surface area contributed by atoms with Crippen molar-refractivity contribution >= 4 is 11.8 Å². The fourth-order valence-electron chi connectivity index (χ4n) is 0.677. The van der Waals surface area contributed by atoms with Gasteiger partial charge in [-0.05, 0) is 17.9 Å². The Kier molecular flexibility index (Phi) is 2.94. The fraction of sp³-hybridized carbons (Fsp3) is 0.125. The molecule has 0 spiro atoms. The Morgan fingerprint density at radius 3 is 2.91 bits per heavy atom. The van der Waals surface area contributed by atoms with Gasteiger partial charge in [0, 0.05) is 11.9 Å². The van der Waals surface area contributed by atoms with Crippen molar-refractivity contribution in [1.29, 1.82) is 5.26 Å². The van der Waals surface area contributed by atoms with E-state index in [1.807, 2.05) is 24.1 Å². The van der Waals surface area contributed by atoms with Gasteiger partial charge in [-0.15, -0.1) is 0 Å². The standard InChI is InChI=1S/C8H7N2S/c1-11-6-7-2-3-8(4-9)10-5-7/h2-3,5-6H,1H3. The maximum atomic E-state index is 8.43. The van der Waals surface area contributed by atoms with Gasteiger partial charge in [-0.2, -0.15) is 17.0 Å². The van der Waals surface area contributed by atoms with Gasteiger partial charge < -0.3 is 0 Å². The van der Waals surface area contributed by atoms with Crippen molar-refractivity contribution in [3.05, 3.63) is 35.3 Å². The van der Waals surface area contributed by atoms with Crippen LogP contribution in [-0.2, 0) is 0 Å². The van der Waals surface area contributed by atoms with E-state index in [2.05, 4.69) is 4.98 Å². The summed E-state index contributed by atoms with van der Waals surface area (Å²) >= 11 is 1.62. The first-order chi connectivity index (χ1) is 5.36. The highest BCUT2D eigenvalue weighted by Crippen LogP contribution is 2.09. The normalized spacial score (nSPS) is 9.09. The number of thioether (sulfide) groups is 1. The van der Waals surface area contributed by atoms with Gasteiger partial charge >= 0.3 is 0 Å². The van der Waals surface area contributed by atoms with E-state index in [0.29, 0.717) is 5.69 Å². The summed E-state index contributed by atoms with van der Waals surface area (Å²) < 4.78 is 0. The fourth-order valence-corrected chi connectivity index (χ4v) is 1.09. The van der Waals surface area contributed by atoms with E-state index in [0.717, 1.165) is 5.56 Å². The monoisotopic (exact) mass is 163 g/mol. The van der Waals surface area contributed by atoms with Crippen molar-refractivity contribution in [2.75, 3.05) is 6.26 Å². The van der Waals surface area contributed by atoms with Crippen LogP contribution in [0.4, 0.5) is 0 Å². The quantitative estimate of drug-likeness (QED) is 0.667. The molecule has 0 atom stereocenters. The summed E-state index contributed by atoms with van der Waals surface area (Å²) in [6, 6.07) is 5.55. The Labute approximate surface area is 70.3 Å². The molecule has 0 amide bonds. The molecule has 0 aliphatic heterocycles. The molecule has 0 saturated heterocycles. The maximum absolute atomic E-state index is 8.43. The summed E-state index contributed by atoms with van der Waals surface area (Å²) in [5, 5.41) is 8.43. The smallest absolute Gasteiger partial charge is 0.140 e. The Morgan fingerprint density at radius 2 is 2.45 bits per heavy atom. The summed E-state index contributed by atoms with van der Waals surface area (Å²) in [5.74, 6) is 1.98. The summed E-state index contributed by atoms with van der Waals surface area (Å²) in [6.45, 7) is 0. The van der Waals surface area contributed by atoms with Crippen molar-refractivity contribution in [1.82, 2.24) is 4.98 Å². The molecule has 3 heteroatoms. The number of pyridine rings is 1. The second-order valence-corrected chi connectivity index (χ2v) is 2.65. The van der Waals surface area contributed by atoms with Gasteiger partial charge in [-0.3, -0.25) is 0 Å². The molecule has 1 aromatic rings. The maximum Gasteiger partial charge on any atom is 0.140 e. The molecule has 1 aromatic heterocycles. The van der Waals surface area contributed by atoms with E-state index >= 15 is 0 Å². The van der Waals surface area contributed by atoms with Gasteiger partial charge in [-0.1, -0.05) is 6.07 Å². The molecule has 0 saturated carbocycles. The van der Waals surface area contributed by atoms with Crippen LogP contribution in [0.1, 0.15) is 11.3 Å². The highest BCUT2D eigenvalue weighted by molar-refractivity contribution is 8.00. The number of hydrogen-bond donors (Lipinski definition) is 0. The number of rotatable bonds is 2. The van der Waals surface area contributed by atoms with E-state index < -0.39 is 0 Å². The lowest BCUT2D eigenvalue weighted by atomic mass is 10.3. The van der Waals surface area contributed by atoms with E-state index in [-0.39, 0.29) is 0 Å². The Balaban J connectivity index is 2.76. The first-order valence-electron chi connectivity index (χ1n) is 3.09. The van der Waals surface area contributed by atoms with Crippen LogP contribution in [0, 0.1) is 17.1 Å². The molecular formula is C8H7N2S. The predicted octanol–water partition coefficient (Wildman–Crippen LogP) is 1.83. The van der Waals surface area contributed by atoms with Crippen LogP contribution in [-0.4, -0.2) is 11.2 Å². The zero-order valence-corrected chi connectivity index (χ0v) is 6.93. The molecule has 0 bridgehead atoms. The third-order valence-corrected chi connectivity index (χ3v) is 1.66. The molecule has 0 aromatic carbocycles. The number of nitrogens with zero attached hydrogens (tertiary/aromatic N) is 2. The van der Waals surface area contributed by atoms with Crippen LogP contribution < -0.4 is 0 Å². The lowest BCUT2D eigenvalue weighted by Gasteiger charge is -1.94. The molecule has 1 heterocycles. The lowest BCUT2D eigenvalue weighted by Crippen LogP contribution is -1.83. The molecule has 0 aliphatic carbocycles. The first-order valence-corrected chi connectivity index (χ1v) is 4.38. The van der Waals surface area contributed by atoms with Gasteiger partial charge in [0.1, 0.15) is 11.8 Å². The highest BCUT2D eigenvalue weighted by Gasteiger charge is 1.92. The van der Waals surface area contributed by atoms with Crippen LogP contribution in [0.3, 0.4) is 0 Å². The van der Waals surface area contributed by atoms with E-state index in [1.165, 1.54) is 0 Å². The first kappa shape index (κ1) is 8.09. The van der Waals surface area contributed by atoms with Crippen molar-refractivity contribution in [3.8, 4) is 6.07 Å². The molecule has 0 N–H and O–H groups in total.